The fraction of sp³-hybridized carbons (Fsp3) is 0.500. The topological polar surface area (TPSA) is 65.1 Å². The average Bonchev–Trinajstić information content (AvgIpc) is 3.24. The van der Waals surface area contributed by atoms with E-state index >= 15 is 0 Å². The van der Waals surface area contributed by atoms with Crippen LogP contribution in [0.5, 0.6) is 0 Å². The summed E-state index contributed by atoms with van der Waals surface area (Å²) in [7, 11) is 0. The van der Waals surface area contributed by atoms with E-state index in [1.54, 1.807) is 12.3 Å². The van der Waals surface area contributed by atoms with E-state index in [2.05, 4.69) is 49.1 Å². The molecule has 2 aliphatic heterocycles. The van der Waals surface area contributed by atoms with Crippen molar-refractivity contribution in [1.29, 1.82) is 0 Å². The Labute approximate surface area is 200 Å². The third-order valence-electron chi connectivity index (χ3n) is 7.45. The van der Waals surface area contributed by atoms with Crippen LogP contribution in [0, 0.1) is 5.41 Å². The number of carbonyl (C=O) groups excluding carboxylic acids is 1. The van der Waals surface area contributed by atoms with Crippen molar-refractivity contribution >= 4 is 34.4 Å². The molecule has 1 unspecified atom stereocenters. The van der Waals surface area contributed by atoms with Gasteiger partial charge in [-0.25, -0.2) is 9.97 Å². The number of nitrogens with zero attached hydrogens (tertiary/aromatic N) is 4. The SMILES string of the molecule is O=C1N(Cc2c[nH]c3ccccc23)CCCC12CCCCCCN(c1nccc(Cl)n1)CC2. The number of hydrogen-bond acceptors (Lipinski definition) is 4. The number of aromatic amines is 1. The van der Waals surface area contributed by atoms with Crippen LogP contribution >= 0.6 is 11.6 Å². The highest BCUT2D eigenvalue weighted by Crippen LogP contribution is 2.41. The molecule has 1 spiro atoms. The first-order valence-electron chi connectivity index (χ1n) is 12.2. The van der Waals surface area contributed by atoms with E-state index in [0.29, 0.717) is 23.6 Å². The van der Waals surface area contributed by atoms with E-state index in [0.717, 1.165) is 63.7 Å². The van der Waals surface area contributed by atoms with Gasteiger partial charge in [0.1, 0.15) is 5.15 Å². The molecule has 1 aromatic carbocycles. The van der Waals surface area contributed by atoms with Crippen LogP contribution in [0.2, 0.25) is 5.15 Å². The van der Waals surface area contributed by atoms with Gasteiger partial charge in [-0.15, -0.1) is 0 Å². The predicted molar refractivity (Wildman–Crippen MR) is 132 cm³/mol. The molecule has 0 aliphatic carbocycles. The first-order valence-corrected chi connectivity index (χ1v) is 12.6. The van der Waals surface area contributed by atoms with Crippen molar-refractivity contribution in [3.05, 3.63) is 53.4 Å². The van der Waals surface area contributed by atoms with Crippen LogP contribution in [-0.4, -0.2) is 45.4 Å². The largest absolute Gasteiger partial charge is 0.361 e. The van der Waals surface area contributed by atoms with E-state index in [9.17, 15) is 4.79 Å². The van der Waals surface area contributed by atoms with Crippen LogP contribution in [0.25, 0.3) is 10.9 Å². The van der Waals surface area contributed by atoms with Crippen molar-refractivity contribution < 1.29 is 4.79 Å². The smallest absolute Gasteiger partial charge is 0.229 e. The lowest BCUT2D eigenvalue weighted by Gasteiger charge is -2.43. The van der Waals surface area contributed by atoms with Gasteiger partial charge in [-0.3, -0.25) is 4.79 Å². The van der Waals surface area contributed by atoms with Gasteiger partial charge < -0.3 is 14.8 Å². The zero-order valence-electron chi connectivity index (χ0n) is 19.1. The van der Waals surface area contributed by atoms with E-state index in [1.807, 2.05) is 6.07 Å². The lowest BCUT2D eigenvalue weighted by Crippen LogP contribution is -2.50. The minimum atomic E-state index is -0.293. The fourth-order valence-electron chi connectivity index (χ4n) is 5.62. The van der Waals surface area contributed by atoms with E-state index in [-0.39, 0.29) is 5.41 Å². The molecular formula is C26H32ClN5O. The summed E-state index contributed by atoms with van der Waals surface area (Å²) in [4.78, 5) is 30.6. The van der Waals surface area contributed by atoms with E-state index in [1.165, 1.54) is 23.8 Å². The van der Waals surface area contributed by atoms with Gasteiger partial charge in [0, 0.05) is 49.5 Å². The molecule has 5 rings (SSSR count). The van der Waals surface area contributed by atoms with E-state index < -0.39 is 0 Å². The normalized spacial score (nSPS) is 22.8. The molecule has 33 heavy (non-hydrogen) atoms. The van der Waals surface area contributed by atoms with Gasteiger partial charge in [-0.05, 0) is 49.8 Å². The number of likely N-dealkylation sites (tertiary alicyclic amines) is 1. The Kier molecular flexibility index (Phi) is 6.54. The maximum absolute atomic E-state index is 14.0. The second-order valence-corrected chi connectivity index (χ2v) is 9.94. The third kappa shape index (κ3) is 4.72. The van der Waals surface area contributed by atoms with Crippen LogP contribution in [-0.2, 0) is 11.3 Å². The number of benzene rings is 1. The molecule has 2 saturated heterocycles. The number of para-hydroxylation sites is 1. The van der Waals surface area contributed by atoms with Crippen molar-refractivity contribution in [2.24, 2.45) is 5.41 Å². The Hall–Kier alpha value is -2.60. The average molecular weight is 466 g/mol. The standard InChI is InChI=1S/C26H32ClN5O/c27-23-10-14-28-25(30-23)31-15-6-2-1-5-11-26(13-17-31)12-7-16-32(24(26)33)19-20-18-29-22-9-4-3-8-21(20)22/h3-4,8-10,14,18,29H,1-2,5-7,11-13,15-17,19H2. The maximum atomic E-state index is 14.0. The number of carbonyl (C=O) groups is 1. The third-order valence-corrected chi connectivity index (χ3v) is 7.66. The van der Waals surface area contributed by atoms with Gasteiger partial charge in [0.05, 0.1) is 5.41 Å². The number of H-pyrrole nitrogens is 1. The van der Waals surface area contributed by atoms with Crippen molar-refractivity contribution in [2.75, 3.05) is 24.5 Å². The Morgan fingerprint density at radius 3 is 2.73 bits per heavy atom. The number of amides is 1. The van der Waals surface area contributed by atoms with E-state index in [4.69, 9.17) is 11.6 Å². The number of halogens is 1. The van der Waals surface area contributed by atoms with Gasteiger partial charge in [-0.1, -0.05) is 49.1 Å². The number of fused-ring (bicyclic) bond motifs is 1. The summed E-state index contributed by atoms with van der Waals surface area (Å²) in [5.74, 6) is 1.00. The maximum Gasteiger partial charge on any atom is 0.229 e. The minimum absolute atomic E-state index is 0.293. The number of nitrogens with one attached hydrogen (secondary N) is 1. The Morgan fingerprint density at radius 2 is 1.82 bits per heavy atom. The molecule has 6 nitrogen and oxygen atoms in total. The van der Waals surface area contributed by atoms with Crippen molar-refractivity contribution in [1.82, 2.24) is 19.9 Å². The molecule has 0 saturated carbocycles. The molecule has 2 fully saturated rings. The highest BCUT2D eigenvalue weighted by Gasteiger charge is 2.43. The summed E-state index contributed by atoms with van der Waals surface area (Å²) in [6.45, 7) is 3.20. The van der Waals surface area contributed by atoms with Crippen LogP contribution in [0.3, 0.4) is 0 Å². The lowest BCUT2D eigenvalue weighted by molar-refractivity contribution is -0.148. The summed E-state index contributed by atoms with van der Waals surface area (Å²) < 4.78 is 0. The zero-order valence-corrected chi connectivity index (χ0v) is 19.9. The molecule has 0 bridgehead atoms. The molecule has 174 valence electrons. The molecule has 1 amide bonds. The molecule has 1 atom stereocenters. The number of aromatic nitrogens is 3. The fourth-order valence-corrected chi connectivity index (χ4v) is 5.75. The van der Waals surface area contributed by atoms with Gasteiger partial charge in [0.15, 0.2) is 0 Å². The summed E-state index contributed by atoms with van der Waals surface area (Å²) in [5.41, 5.74) is 2.03. The Morgan fingerprint density at radius 1 is 0.970 bits per heavy atom. The monoisotopic (exact) mass is 465 g/mol. The highest BCUT2D eigenvalue weighted by atomic mass is 35.5. The van der Waals surface area contributed by atoms with Crippen LogP contribution in [0.4, 0.5) is 5.95 Å². The zero-order chi connectivity index (χ0) is 22.7. The van der Waals surface area contributed by atoms with Crippen molar-refractivity contribution in [3.63, 3.8) is 0 Å². The van der Waals surface area contributed by atoms with Gasteiger partial charge in [-0.2, -0.15) is 0 Å². The Bertz CT molecular complexity index is 1110. The van der Waals surface area contributed by atoms with Crippen molar-refractivity contribution in [3.8, 4) is 0 Å². The number of rotatable bonds is 3. The summed E-state index contributed by atoms with van der Waals surface area (Å²) in [5, 5.41) is 1.67. The summed E-state index contributed by atoms with van der Waals surface area (Å²) in [6.07, 6.45) is 12.2. The quantitative estimate of drug-likeness (QED) is 0.513. The number of piperidine rings is 1. The Balaban J connectivity index is 1.37. The molecular weight excluding hydrogens is 434 g/mol. The second kappa shape index (κ2) is 9.72. The molecule has 2 aliphatic rings. The molecule has 0 radical (unpaired) electrons. The highest BCUT2D eigenvalue weighted by molar-refractivity contribution is 6.29. The molecule has 1 N–H and O–H groups in total. The van der Waals surface area contributed by atoms with Crippen LogP contribution in [0.15, 0.2) is 42.7 Å². The molecule has 2 aromatic heterocycles. The predicted octanol–water partition coefficient (Wildman–Crippen LogP) is 5.58. The van der Waals surface area contributed by atoms with Crippen LogP contribution < -0.4 is 4.90 Å². The second-order valence-electron chi connectivity index (χ2n) is 9.55. The minimum Gasteiger partial charge on any atom is -0.361 e. The summed E-state index contributed by atoms with van der Waals surface area (Å²) >= 11 is 6.15. The van der Waals surface area contributed by atoms with Crippen molar-refractivity contribution in [2.45, 2.75) is 57.9 Å². The molecule has 7 heteroatoms. The molecule has 3 aromatic rings. The van der Waals surface area contributed by atoms with Gasteiger partial charge >= 0.3 is 0 Å². The number of anilines is 1. The first kappa shape index (κ1) is 22.2. The first-order chi connectivity index (χ1) is 16.1. The van der Waals surface area contributed by atoms with Gasteiger partial charge in [0.2, 0.25) is 11.9 Å². The van der Waals surface area contributed by atoms with Crippen LogP contribution in [0.1, 0.15) is 56.9 Å². The molecule has 4 heterocycles. The summed E-state index contributed by atoms with van der Waals surface area (Å²) in [6, 6.07) is 10.0. The lowest BCUT2D eigenvalue weighted by atomic mass is 9.72. The number of hydrogen-bond donors (Lipinski definition) is 1. The van der Waals surface area contributed by atoms with Gasteiger partial charge in [0.25, 0.3) is 0 Å².